The fourth-order valence-corrected chi connectivity index (χ4v) is 2.57. The van der Waals surface area contributed by atoms with Crippen LogP contribution in [-0.2, 0) is 9.47 Å². The van der Waals surface area contributed by atoms with Gasteiger partial charge in [-0.15, -0.1) is 0 Å². The standard InChI is InChI=1S/C17H18O3/c1-12-7-5-6-10-14(12)16-15(11-18)19-17(20-16)13-8-3-2-4-9-13/h2-10,15-18H,11H2,1H3/t15-,16-,17?/m1/s1. The van der Waals surface area contributed by atoms with Gasteiger partial charge in [-0.05, 0) is 18.1 Å². The first-order valence-corrected chi connectivity index (χ1v) is 6.82. The Morgan fingerprint density at radius 3 is 2.35 bits per heavy atom. The first-order valence-electron chi connectivity index (χ1n) is 6.82. The lowest BCUT2D eigenvalue weighted by Gasteiger charge is -2.16. The van der Waals surface area contributed by atoms with Gasteiger partial charge < -0.3 is 14.6 Å². The van der Waals surface area contributed by atoms with Crippen LogP contribution in [0.3, 0.4) is 0 Å². The normalized spacial score (nSPS) is 25.8. The van der Waals surface area contributed by atoms with Crippen LogP contribution < -0.4 is 0 Å². The average Bonchev–Trinajstić information content (AvgIpc) is 2.93. The van der Waals surface area contributed by atoms with Crippen molar-refractivity contribution in [3.05, 3.63) is 71.3 Å². The van der Waals surface area contributed by atoms with Crippen LogP contribution in [0.5, 0.6) is 0 Å². The van der Waals surface area contributed by atoms with Crippen molar-refractivity contribution in [3.63, 3.8) is 0 Å². The second-order valence-electron chi connectivity index (χ2n) is 5.01. The van der Waals surface area contributed by atoms with Gasteiger partial charge in [0.1, 0.15) is 12.2 Å². The van der Waals surface area contributed by atoms with Gasteiger partial charge in [-0.25, -0.2) is 0 Å². The van der Waals surface area contributed by atoms with Crippen LogP contribution in [-0.4, -0.2) is 17.8 Å². The van der Waals surface area contributed by atoms with E-state index in [1.54, 1.807) is 0 Å². The summed E-state index contributed by atoms with van der Waals surface area (Å²) in [6.07, 6.45) is -0.981. The number of ether oxygens (including phenoxy) is 2. The number of rotatable bonds is 3. The molecule has 20 heavy (non-hydrogen) atoms. The molecule has 3 atom stereocenters. The van der Waals surface area contributed by atoms with Gasteiger partial charge >= 0.3 is 0 Å². The van der Waals surface area contributed by atoms with Gasteiger partial charge in [0, 0.05) is 5.56 Å². The van der Waals surface area contributed by atoms with E-state index in [0.29, 0.717) is 0 Å². The molecule has 1 N–H and O–H groups in total. The van der Waals surface area contributed by atoms with Gasteiger partial charge in [-0.3, -0.25) is 0 Å². The zero-order valence-electron chi connectivity index (χ0n) is 11.4. The number of hydrogen-bond donors (Lipinski definition) is 1. The van der Waals surface area contributed by atoms with E-state index in [9.17, 15) is 5.11 Å². The van der Waals surface area contributed by atoms with Crippen LogP contribution >= 0.6 is 0 Å². The molecule has 0 saturated carbocycles. The molecule has 3 rings (SSSR count). The van der Waals surface area contributed by atoms with Crippen LogP contribution in [0.25, 0.3) is 0 Å². The lowest BCUT2D eigenvalue weighted by Crippen LogP contribution is -2.20. The number of aliphatic hydroxyl groups is 1. The van der Waals surface area contributed by atoms with E-state index in [4.69, 9.17) is 9.47 Å². The third kappa shape index (κ3) is 2.48. The van der Waals surface area contributed by atoms with E-state index in [1.165, 1.54) is 0 Å². The van der Waals surface area contributed by atoms with Crippen molar-refractivity contribution < 1.29 is 14.6 Å². The Bertz CT molecular complexity index is 567. The summed E-state index contributed by atoms with van der Waals surface area (Å²) in [6, 6.07) is 17.9. The van der Waals surface area contributed by atoms with E-state index in [2.05, 4.69) is 0 Å². The zero-order valence-corrected chi connectivity index (χ0v) is 11.4. The molecule has 2 aromatic rings. The van der Waals surface area contributed by atoms with Crippen LogP contribution in [0.15, 0.2) is 54.6 Å². The zero-order chi connectivity index (χ0) is 13.9. The molecular weight excluding hydrogens is 252 g/mol. The molecule has 1 fully saturated rings. The van der Waals surface area contributed by atoms with Crippen molar-refractivity contribution in [2.75, 3.05) is 6.61 Å². The number of benzene rings is 2. The summed E-state index contributed by atoms with van der Waals surface area (Å²) in [4.78, 5) is 0. The van der Waals surface area contributed by atoms with Gasteiger partial charge in [0.25, 0.3) is 0 Å². The Morgan fingerprint density at radius 2 is 1.65 bits per heavy atom. The first-order chi connectivity index (χ1) is 9.79. The van der Waals surface area contributed by atoms with Crippen molar-refractivity contribution in [3.8, 4) is 0 Å². The van der Waals surface area contributed by atoms with Gasteiger partial charge in [0.2, 0.25) is 0 Å². The molecule has 104 valence electrons. The highest BCUT2D eigenvalue weighted by atomic mass is 16.7. The number of aliphatic hydroxyl groups excluding tert-OH is 1. The monoisotopic (exact) mass is 270 g/mol. The van der Waals surface area contributed by atoms with Crippen molar-refractivity contribution >= 4 is 0 Å². The second-order valence-corrected chi connectivity index (χ2v) is 5.01. The van der Waals surface area contributed by atoms with Crippen LogP contribution in [0, 0.1) is 6.92 Å². The molecule has 0 aromatic heterocycles. The lowest BCUT2D eigenvalue weighted by atomic mass is 10.00. The molecule has 1 heterocycles. The molecule has 0 radical (unpaired) electrons. The molecule has 1 aliphatic heterocycles. The number of aryl methyl sites for hydroxylation is 1. The fraction of sp³-hybridized carbons (Fsp3) is 0.294. The smallest absolute Gasteiger partial charge is 0.185 e. The van der Waals surface area contributed by atoms with E-state index in [-0.39, 0.29) is 18.8 Å². The predicted octanol–water partition coefficient (Wildman–Crippen LogP) is 3.14. The molecule has 1 saturated heterocycles. The number of hydrogen-bond acceptors (Lipinski definition) is 3. The van der Waals surface area contributed by atoms with Gasteiger partial charge in [0.05, 0.1) is 6.61 Å². The Morgan fingerprint density at radius 1 is 0.950 bits per heavy atom. The summed E-state index contributed by atoms with van der Waals surface area (Å²) in [7, 11) is 0. The maximum Gasteiger partial charge on any atom is 0.185 e. The highest BCUT2D eigenvalue weighted by molar-refractivity contribution is 5.29. The summed E-state index contributed by atoms with van der Waals surface area (Å²) in [5.41, 5.74) is 3.19. The predicted molar refractivity (Wildman–Crippen MR) is 76.1 cm³/mol. The maximum atomic E-state index is 9.55. The fourth-order valence-electron chi connectivity index (χ4n) is 2.57. The van der Waals surface area contributed by atoms with E-state index in [0.717, 1.165) is 16.7 Å². The van der Waals surface area contributed by atoms with Gasteiger partial charge in [0.15, 0.2) is 6.29 Å². The SMILES string of the molecule is Cc1ccccc1[C@H]1OC(c2ccccc2)O[C@@H]1CO. The van der Waals surface area contributed by atoms with Crippen molar-refractivity contribution in [1.29, 1.82) is 0 Å². The molecule has 0 aliphatic carbocycles. The molecule has 1 aliphatic rings. The molecule has 0 spiro atoms. The van der Waals surface area contributed by atoms with Gasteiger partial charge in [-0.1, -0.05) is 54.6 Å². The van der Waals surface area contributed by atoms with E-state index < -0.39 is 6.29 Å². The molecule has 1 unspecified atom stereocenters. The Balaban J connectivity index is 1.87. The molecule has 0 bridgehead atoms. The maximum absolute atomic E-state index is 9.55. The Kier molecular flexibility index (Phi) is 3.83. The van der Waals surface area contributed by atoms with Crippen LogP contribution in [0.1, 0.15) is 29.1 Å². The van der Waals surface area contributed by atoms with Crippen LogP contribution in [0.2, 0.25) is 0 Å². The highest BCUT2D eigenvalue weighted by Crippen LogP contribution is 2.40. The molecule has 0 amide bonds. The van der Waals surface area contributed by atoms with Crippen molar-refractivity contribution in [2.45, 2.75) is 25.4 Å². The van der Waals surface area contributed by atoms with E-state index in [1.807, 2.05) is 61.5 Å². The summed E-state index contributed by atoms with van der Waals surface area (Å²) in [6.45, 7) is 1.99. The minimum Gasteiger partial charge on any atom is -0.394 e. The highest BCUT2D eigenvalue weighted by Gasteiger charge is 2.37. The first kappa shape index (κ1) is 13.3. The summed E-state index contributed by atoms with van der Waals surface area (Å²) in [5, 5.41) is 9.55. The molecule has 2 aromatic carbocycles. The quantitative estimate of drug-likeness (QED) is 0.931. The van der Waals surface area contributed by atoms with E-state index >= 15 is 0 Å². The molecule has 3 heteroatoms. The molecular formula is C17H18O3. The minimum absolute atomic E-state index is 0.0532. The third-order valence-electron chi connectivity index (χ3n) is 3.65. The summed E-state index contributed by atoms with van der Waals surface area (Å²) < 4.78 is 11.9. The summed E-state index contributed by atoms with van der Waals surface area (Å²) >= 11 is 0. The molecule has 3 nitrogen and oxygen atoms in total. The topological polar surface area (TPSA) is 38.7 Å². The second kappa shape index (κ2) is 5.75. The lowest BCUT2D eigenvalue weighted by molar-refractivity contribution is -0.0739. The largest absolute Gasteiger partial charge is 0.394 e. The van der Waals surface area contributed by atoms with Crippen LogP contribution in [0.4, 0.5) is 0 Å². The van der Waals surface area contributed by atoms with Crippen molar-refractivity contribution in [1.82, 2.24) is 0 Å². The Labute approximate surface area is 118 Å². The average molecular weight is 270 g/mol. The minimum atomic E-state index is -0.419. The van der Waals surface area contributed by atoms with Crippen molar-refractivity contribution in [2.24, 2.45) is 0 Å². The Hall–Kier alpha value is -1.68. The van der Waals surface area contributed by atoms with Gasteiger partial charge in [-0.2, -0.15) is 0 Å². The summed E-state index contributed by atoms with van der Waals surface area (Å²) in [5.74, 6) is 0. The third-order valence-corrected chi connectivity index (χ3v) is 3.65.